The molecule has 0 saturated heterocycles. The van der Waals surface area contributed by atoms with E-state index in [-0.39, 0.29) is 5.56 Å². The van der Waals surface area contributed by atoms with Gasteiger partial charge in [-0.2, -0.15) is 0 Å². The standard InChI is InChI=1S/C14H12N2O3/c17-14(18)10-3-4-12-13(8-10)16(9-15-12)6-5-11-2-1-7-19-11/h1-4,7-9H,5-6H2,(H,17,18). The Labute approximate surface area is 109 Å². The molecule has 19 heavy (non-hydrogen) atoms. The van der Waals surface area contributed by atoms with Crippen molar-refractivity contribution < 1.29 is 14.3 Å². The Hall–Kier alpha value is -2.56. The van der Waals surface area contributed by atoms with E-state index < -0.39 is 5.97 Å². The van der Waals surface area contributed by atoms with Gasteiger partial charge in [0, 0.05) is 13.0 Å². The Bertz CT molecular complexity index is 713. The quantitative estimate of drug-likeness (QED) is 0.779. The van der Waals surface area contributed by atoms with Gasteiger partial charge >= 0.3 is 5.97 Å². The molecule has 96 valence electrons. The van der Waals surface area contributed by atoms with Gasteiger partial charge in [0.05, 0.1) is 29.2 Å². The maximum atomic E-state index is 11.0. The lowest BCUT2D eigenvalue weighted by molar-refractivity contribution is 0.0697. The molecule has 0 bridgehead atoms. The number of aromatic nitrogens is 2. The Morgan fingerprint density at radius 1 is 1.37 bits per heavy atom. The Morgan fingerprint density at radius 3 is 3.00 bits per heavy atom. The van der Waals surface area contributed by atoms with Crippen molar-refractivity contribution >= 4 is 17.0 Å². The third-order valence-corrected chi connectivity index (χ3v) is 3.05. The predicted octanol–water partition coefficient (Wildman–Crippen LogP) is 2.57. The summed E-state index contributed by atoms with van der Waals surface area (Å²) in [6.07, 6.45) is 4.11. The van der Waals surface area contributed by atoms with E-state index in [9.17, 15) is 4.79 Å². The summed E-state index contributed by atoms with van der Waals surface area (Å²) in [5, 5.41) is 9.01. The molecule has 0 aliphatic carbocycles. The number of rotatable bonds is 4. The van der Waals surface area contributed by atoms with Gasteiger partial charge in [0.2, 0.25) is 0 Å². The van der Waals surface area contributed by atoms with Crippen molar-refractivity contribution in [1.82, 2.24) is 9.55 Å². The first-order chi connectivity index (χ1) is 9.24. The minimum Gasteiger partial charge on any atom is -0.478 e. The molecule has 5 nitrogen and oxygen atoms in total. The largest absolute Gasteiger partial charge is 0.478 e. The van der Waals surface area contributed by atoms with Crippen LogP contribution in [0.25, 0.3) is 11.0 Å². The summed E-state index contributed by atoms with van der Waals surface area (Å²) < 4.78 is 7.21. The second kappa shape index (κ2) is 4.61. The molecule has 0 saturated carbocycles. The maximum absolute atomic E-state index is 11.0. The minimum atomic E-state index is -0.930. The molecular formula is C14H12N2O3. The molecule has 2 heterocycles. The van der Waals surface area contributed by atoms with E-state index >= 15 is 0 Å². The van der Waals surface area contributed by atoms with Gasteiger partial charge in [-0.1, -0.05) is 0 Å². The highest BCUT2D eigenvalue weighted by Gasteiger charge is 2.08. The maximum Gasteiger partial charge on any atom is 0.335 e. The monoisotopic (exact) mass is 256 g/mol. The van der Waals surface area contributed by atoms with Crippen molar-refractivity contribution in [2.75, 3.05) is 0 Å². The van der Waals surface area contributed by atoms with Gasteiger partial charge in [-0.15, -0.1) is 0 Å². The Morgan fingerprint density at radius 2 is 2.26 bits per heavy atom. The highest BCUT2D eigenvalue weighted by molar-refractivity contribution is 5.92. The van der Waals surface area contributed by atoms with Gasteiger partial charge in [0.15, 0.2) is 0 Å². The highest BCUT2D eigenvalue weighted by atomic mass is 16.4. The predicted molar refractivity (Wildman–Crippen MR) is 69.1 cm³/mol. The smallest absolute Gasteiger partial charge is 0.335 e. The van der Waals surface area contributed by atoms with Crippen LogP contribution in [0.2, 0.25) is 0 Å². The van der Waals surface area contributed by atoms with E-state index in [1.807, 2.05) is 16.7 Å². The van der Waals surface area contributed by atoms with E-state index in [4.69, 9.17) is 9.52 Å². The van der Waals surface area contributed by atoms with Crippen LogP contribution in [0.3, 0.4) is 0 Å². The van der Waals surface area contributed by atoms with Crippen LogP contribution in [-0.4, -0.2) is 20.6 Å². The number of aryl methyl sites for hydroxylation is 2. The van der Waals surface area contributed by atoms with E-state index in [1.165, 1.54) is 0 Å². The van der Waals surface area contributed by atoms with Crippen LogP contribution in [0.5, 0.6) is 0 Å². The summed E-state index contributed by atoms with van der Waals surface area (Å²) in [4.78, 5) is 15.2. The van der Waals surface area contributed by atoms with Crippen LogP contribution in [0.15, 0.2) is 47.3 Å². The number of nitrogens with zero attached hydrogens (tertiary/aromatic N) is 2. The lowest BCUT2D eigenvalue weighted by atomic mass is 10.2. The topological polar surface area (TPSA) is 68.3 Å². The fourth-order valence-corrected chi connectivity index (χ4v) is 2.05. The van der Waals surface area contributed by atoms with Crippen molar-refractivity contribution in [3.63, 3.8) is 0 Å². The Kier molecular flexibility index (Phi) is 2.79. The summed E-state index contributed by atoms with van der Waals surface area (Å²) in [6, 6.07) is 8.70. The summed E-state index contributed by atoms with van der Waals surface area (Å²) in [7, 11) is 0. The molecule has 0 radical (unpaired) electrons. The molecule has 0 aliphatic rings. The number of furan rings is 1. The lowest BCUT2D eigenvalue weighted by Crippen LogP contribution is -2.01. The van der Waals surface area contributed by atoms with E-state index in [0.717, 1.165) is 23.2 Å². The summed E-state index contributed by atoms with van der Waals surface area (Å²) in [5.74, 6) is -0.0306. The molecule has 3 aromatic rings. The van der Waals surface area contributed by atoms with Gasteiger partial charge in [-0.25, -0.2) is 9.78 Å². The fraction of sp³-hybridized carbons (Fsp3) is 0.143. The number of hydrogen-bond acceptors (Lipinski definition) is 3. The van der Waals surface area contributed by atoms with Crippen molar-refractivity contribution in [2.24, 2.45) is 0 Å². The third kappa shape index (κ3) is 2.22. The summed E-state index contributed by atoms with van der Waals surface area (Å²) in [6.45, 7) is 0.701. The van der Waals surface area contributed by atoms with Crippen LogP contribution >= 0.6 is 0 Å². The lowest BCUT2D eigenvalue weighted by Gasteiger charge is -2.03. The van der Waals surface area contributed by atoms with Crippen molar-refractivity contribution in [1.29, 1.82) is 0 Å². The summed E-state index contributed by atoms with van der Waals surface area (Å²) in [5.41, 5.74) is 1.89. The molecule has 1 aromatic carbocycles. The minimum absolute atomic E-state index is 0.271. The summed E-state index contributed by atoms with van der Waals surface area (Å²) >= 11 is 0. The number of carboxylic acid groups (broad SMARTS) is 1. The highest BCUT2D eigenvalue weighted by Crippen LogP contribution is 2.16. The van der Waals surface area contributed by atoms with Crippen LogP contribution in [0, 0.1) is 0 Å². The van der Waals surface area contributed by atoms with E-state index in [2.05, 4.69) is 4.98 Å². The van der Waals surface area contributed by atoms with E-state index in [1.54, 1.807) is 30.8 Å². The number of aromatic carboxylic acids is 1. The molecule has 5 heteroatoms. The molecule has 0 fully saturated rings. The number of benzene rings is 1. The molecule has 0 amide bonds. The zero-order chi connectivity index (χ0) is 13.2. The zero-order valence-electron chi connectivity index (χ0n) is 10.1. The molecular weight excluding hydrogens is 244 g/mol. The molecule has 0 aliphatic heterocycles. The fourth-order valence-electron chi connectivity index (χ4n) is 2.05. The number of imidazole rings is 1. The first kappa shape index (κ1) is 11.5. The zero-order valence-corrected chi connectivity index (χ0v) is 10.1. The SMILES string of the molecule is O=C(O)c1ccc2ncn(CCc3ccco3)c2c1. The number of fused-ring (bicyclic) bond motifs is 1. The first-order valence-corrected chi connectivity index (χ1v) is 5.94. The second-order valence-electron chi connectivity index (χ2n) is 4.28. The van der Waals surface area contributed by atoms with Gasteiger partial charge in [-0.3, -0.25) is 0 Å². The van der Waals surface area contributed by atoms with Crippen LogP contribution in [0.1, 0.15) is 16.1 Å². The number of hydrogen-bond donors (Lipinski definition) is 1. The average Bonchev–Trinajstić information content (AvgIpc) is 3.05. The molecule has 0 spiro atoms. The number of carbonyl (C=O) groups is 1. The molecule has 0 unspecified atom stereocenters. The molecule has 1 N–H and O–H groups in total. The van der Waals surface area contributed by atoms with Gasteiger partial charge < -0.3 is 14.1 Å². The van der Waals surface area contributed by atoms with Gasteiger partial charge in [0.25, 0.3) is 0 Å². The number of carboxylic acids is 1. The van der Waals surface area contributed by atoms with Crippen molar-refractivity contribution in [3.8, 4) is 0 Å². The van der Waals surface area contributed by atoms with Crippen LogP contribution < -0.4 is 0 Å². The van der Waals surface area contributed by atoms with Gasteiger partial charge in [0.1, 0.15) is 5.76 Å². The normalized spacial score (nSPS) is 10.9. The average molecular weight is 256 g/mol. The Balaban J connectivity index is 1.90. The van der Waals surface area contributed by atoms with Gasteiger partial charge in [-0.05, 0) is 30.3 Å². The van der Waals surface area contributed by atoms with Crippen LogP contribution in [-0.2, 0) is 13.0 Å². The van der Waals surface area contributed by atoms with Crippen molar-refractivity contribution in [3.05, 3.63) is 54.2 Å². The van der Waals surface area contributed by atoms with E-state index in [0.29, 0.717) is 6.54 Å². The van der Waals surface area contributed by atoms with Crippen molar-refractivity contribution in [2.45, 2.75) is 13.0 Å². The molecule has 3 rings (SSSR count). The molecule has 2 aromatic heterocycles. The van der Waals surface area contributed by atoms with Crippen LogP contribution in [0.4, 0.5) is 0 Å². The molecule has 0 atom stereocenters. The first-order valence-electron chi connectivity index (χ1n) is 5.94. The second-order valence-corrected chi connectivity index (χ2v) is 4.28. The third-order valence-electron chi connectivity index (χ3n) is 3.05.